The summed E-state index contributed by atoms with van der Waals surface area (Å²) in [6.45, 7) is 0.169. The van der Waals surface area contributed by atoms with Crippen LogP contribution in [-0.4, -0.2) is 18.2 Å². The van der Waals surface area contributed by atoms with Crippen LogP contribution in [-0.2, 0) is 23.6 Å². The summed E-state index contributed by atoms with van der Waals surface area (Å²) in [5.74, 6) is 0. The van der Waals surface area contributed by atoms with Crippen molar-refractivity contribution in [1.29, 1.82) is 0 Å². The molecule has 0 fully saturated rings. The summed E-state index contributed by atoms with van der Waals surface area (Å²) in [6.07, 6.45) is 3.35. The van der Waals surface area contributed by atoms with Gasteiger partial charge in [0, 0.05) is 29.8 Å². The van der Waals surface area contributed by atoms with Gasteiger partial charge in [-0.05, 0) is 18.2 Å². The highest BCUT2D eigenvalue weighted by Crippen LogP contribution is 2.22. The molecular formula is C11H13BrN4O2S. The van der Waals surface area contributed by atoms with E-state index in [4.69, 9.17) is 5.73 Å². The molecule has 3 N–H and O–H groups in total. The second-order valence-corrected chi connectivity index (χ2v) is 6.68. The molecule has 0 atom stereocenters. The molecule has 1 heterocycles. The summed E-state index contributed by atoms with van der Waals surface area (Å²) in [5.41, 5.74) is 6.68. The Kier molecular flexibility index (Phi) is 3.93. The van der Waals surface area contributed by atoms with E-state index < -0.39 is 10.0 Å². The molecule has 0 aliphatic heterocycles. The van der Waals surface area contributed by atoms with Crippen LogP contribution in [0, 0.1) is 0 Å². The molecule has 2 rings (SSSR count). The second kappa shape index (κ2) is 5.32. The van der Waals surface area contributed by atoms with Crippen molar-refractivity contribution in [3.05, 3.63) is 40.6 Å². The number of nitrogens with one attached hydrogen (secondary N) is 1. The molecule has 0 amide bonds. The van der Waals surface area contributed by atoms with E-state index >= 15 is 0 Å². The van der Waals surface area contributed by atoms with E-state index in [-0.39, 0.29) is 17.1 Å². The SMILES string of the molecule is Cn1cc(CNS(=O)(=O)c2cc(Br)ccc2N)cn1. The minimum atomic E-state index is -3.64. The van der Waals surface area contributed by atoms with Crippen molar-refractivity contribution in [3.63, 3.8) is 0 Å². The first-order valence-corrected chi connectivity index (χ1v) is 7.68. The number of hydrogen-bond acceptors (Lipinski definition) is 4. The lowest BCUT2D eigenvalue weighted by Crippen LogP contribution is -2.24. The van der Waals surface area contributed by atoms with Crippen LogP contribution in [0.2, 0.25) is 0 Å². The van der Waals surface area contributed by atoms with E-state index in [9.17, 15) is 8.42 Å². The Morgan fingerprint density at radius 1 is 1.47 bits per heavy atom. The number of sulfonamides is 1. The number of hydrogen-bond donors (Lipinski definition) is 2. The molecule has 0 saturated carbocycles. The summed E-state index contributed by atoms with van der Waals surface area (Å²) in [7, 11) is -1.88. The molecule has 0 spiro atoms. The number of nitrogens with zero attached hydrogens (tertiary/aromatic N) is 2. The van der Waals surface area contributed by atoms with Crippen LogP contribution in [0.5, 0.6) is 0 Å². The van der Waals surface area contributed by atoms with Crippen molar-refractivity contribution >= 4 is 31.6 Å². The fourth-order valence-corrected chi connectivity index (χ4v) is 3.25. The third kappa shape index (κ3) is 3.34. The Bertz CT molecular complexity index is 696. The molecule has 0 aliphatic rings. The largest absolute Gasteiger partial charge is 0.398 e. The number of nitrogen functional groups attached to an aromatic ring is 1. The van der Waals surface area contributed by atoms with Gasteiger partial charge in [0.1, 0.15) is 4.90 Å². The average Bonchev–Trinajstić information content (AvgIpc) is 2.76. The molecule has 1 aromatic heterocycles. The third-order valence-electron chi connectivity index (χ3n) is 2.49. The Hall–Kier alpha value is -1.38. The summed E-state index contributed by atoms with van der Waals surface area (Å²) in [5, 5.41) is 3.97. The summed E-state index contributed by atoms with van der Waals surface area (Å²) in [6, 6.07) is 4.71. The van der Waals surface area contributed by atoms with Crippen molar-refractivity contribution in [3.8, 4) is 0 Å². The second-order valence-electron chi connectivity index (χ2n) is 4.03. The molecule has 6 nitrogen and oxygen atoms in total. The molecule has 0 unspecified atom stereocenters. The summed E-state index contributed by atoms with van der Waals surface area (Å²) in [4.78, 5) is 0.0609. The molecule has 2 aromatic rings. The minimum absolute atomic E-state index is 0.0609. The maximum atomic E-state index is 12.1. The molecule has 8 heteroatoms. The lowest BCUT2D eigenvalue weighted by atomic mass is 10.3. The molecular weight excluding hydrogens is 332 g/mol. The topological polar surface area (TPSA) is 90.0 Å². The lowest BCUT2D eigenvalue weighted by Gasteiger charge is -2.08. The molecule has 0 radical (unpaired) electrons. The van der Waals surface area contributed by atoms with Gasteiger partial charge in [-0.1, -0.05) is 15.9 Å². The van der Waals surface area contributed by atoms with Crippen LogP contribution < -0.4 is 10.5 Å². The van der Waals surface area contributed by atoms with Gasteiger partial charge < -0.3 is 5.73 Å². The molecule has 0 aliphatic carbocycles. The highest BCUT2D eigenvalue weighted by Gasteiger charge is 2.17. The molecule has 19 heavy (non-hydrogen) atoms. The predicted octanol–water partition coefficient (Wildman–Crippen LogP) is 1.24. The van der Waals surface area contributed by atoms with E-state index in [0.29, 0.717) is 4.47 Å². The van der Waals surface area contributed by atoms with Gasteiger partial charge in [0.25, 0.3) is 0 Å². The summed E-state index contributed by atoms with van der Waals surface area (Å²) >= 11 is 3.23. The smallest absolute Gasteiger partial charge is 0.242 e. The highest BCUT2D eigenvalue weighted by atomic mass is 79.9. The van der Waals surface area contributed by atoms with Gasteiger partial charge in [-0.25, -0.2) is 13.1 Å². The van der Waals surface area contributed by atoms with Crippen molar-refractivity contribution in [2.45, 2.75) is 11.4 Å². The third-order valence-corrected chi connectivity index (χ3v) is 4.44. The van der Waals surface area contributed by atoms with Gasteiger partial charge >= 0.3 is 0 Å². The Labute approximate surface area is 119 Å². The van der Waals surface area contributed by atoms with Crippen LogP contribution in [0.1, 0.15) is 5.56 Å². The van der Waals surface area contributed by atoms with Crippen LogP contribution in [0.25, 0.3) is 0 Å². The van der Waals surface area contributed by atoms with Crippen molar-refractivity contribution in [2.24, 2.45) is 7.05 Å². The zero-order valence-electron chi connectivity index (χ0n) is 10.2. The Balaban J connectivity index is 2.20. The van der Waals surface area contributed by atoms with Gasteiger partial charge in [-0.15, -0.1) is 0 Å². The first-order valence-electron chi connectivity index (χ1n) is 5.41. The zero-order chi connectivity index (χ0) is 14.0. The van der Waals surface area contributed by atoms with Crippen molar-refractivity contribution in [1.82, 2.24) is 14.5 Å². The first-order chi connectivity index (χ1) is 8.88. The Morgan fingerprint density at radius 3 is 2.84 bits per heavy atom. The van der Waals surface area contributed by atoms with E-state index in [2.05, 4.69) is 25.8 Å². The van der Waals surface area contributed by atoms with Gasteiger partial charge in [0.15, 0.2) is 0 Å². The van der Waals surface area contributed by atoms with E-state index in [0.717, 1.165) is 5.56 Å². The minimum Gasteiger partial charge on any atom is -0.398 e. The number of aromatic nitrogens is 2. The zero-order valence-corrected chi connectivity index (χ0v) is 12.6. The van der Waals surface area contributed by atoms with Gasteiger partial charge in [-0.2, -0.15) is 5.10 Å². The van der Waals surface area contributed by atoms with Crippen molar-refractivity contribution in [2.75, 3.05) is 5.73 Å². The fourth-order valence-electron chi connectivity index (χ4n) is 1.56. The normalized spacial score (nSPS) is 11.7. The average molecular weight is 345 g/mol. The first kappa shape index (κ1) is 14.0. The van der Waals surface area contributed by atoms with E-state index in [1.807, 2.05) is 0 Å². The Morgan fingerprint density at radius 2 is 2.21 bits per heavy atom. The van der Waals surface area contributed by atoms with E-state index in [1.54, 1.807) is 36.3 Å². The molecule has 1 aromatic carbocycles. The van der Waals surface area contributed by atoms with Crippen LogP contribution in [0.4, 0.5) is 5.69 Å². The molecule has 0 bridgehead atoms. The fraction of sp³-hybridized carbons (Fsp3) is 0.182. The van der Waals surface area contributed by atoms with Crippen molar-refractivity contribution < 1.29 is 8.42 Å². The standard InChI is InChI=1S/C11H13BrN4O2S/c1-16-7-8(5-14-16)6-15-19(17,18)11-4-9(12)2-3-10(11)13/h2-5,7,15H,6,13H2,1H3. The quantitative estimate of drug-likeness (QED) is 0.816. The number of anilines is 1. The van der Waals surface area contributed by atoms with Crippen LogP contribution in [0.15, 0.2) is 40.0 Å². The van der Waals surface area contributed by atoms with Crippen LogP contribution in [0.3, 0.4) is 0 Å². The van der Waals surface area contributed by atoms with E-state index in [1.165, 1.54) is 6.07 Å². The number of benzene rings is 1. The van der Waals surface area contributed by atoms with Gasteiger partial charge in [-0.3, -0.25) is 4.68 Å². The highest BCUT2D eigenvalue weighted by molar-refractivity contribution is 9.10. The number of nitrogens with two attached hydrogens (primary N) is 1. The maximum absolute atomic E-state index is 12.1. The molecule has 0 saturated heterocycles. The van der Waals surface area contributed by atoms with Gasteiger partial charge in [0.2, 0.25) is 10.0 Å². The van der Waals surface area contributed by atoms with Crippen LogP contribution >= 0.6 is 15.9 Å². The lowest BCUT2D eigenvalue weighted by molar-refractivity contribution is 0.581. The van der Waals surface area contributed by atoms with Gasteiger partial charge in [0.05, 0.1) is 11.9 Å². The monoisotopic (exact) mass is 344 g/mol. The summed E-state index contributed by atoms with van der Waals surface area (Å²) < 4.78 is 29.0. The number of halogens is 1. The number of aryl methyl sites for hydroxylation is 1. The predicted molar refractivity (Wildman–Crippen MR) is 75.8 cm³/mol. The number of rotatable bonds is 4. The molecule has 102 valence electrons. The maximum Gasteiger partial charge on any atom is 0.242 e.